The number of carbonyl (C=O) groups excluding carboxylic acids is 3. The minimum Gasteiger partial charge on any atom is -0.326 e. The average molecular weight is 326 g/mol. The van der Waals surface area contributed by atoms with Crippen LogP contribution in [0.25, 0.3) is 0 Å². The van der Waals surface area contributed by atoms with Crippen LogP contribution in [0.15, 0.2) is 35.9 Å². The molecule has 0 saturated carbocycles. The Labute approximate surface area is 141 Å². The van der Waals surface area contributed by atoms with Crippen LogP contribution in [-0.4, -0.2) is 17.7 Å². The van der Waals surface area contributed by atoms with Crippen LogP contribution >= 0.6 is 0 Å². The number of imide groups is 1. The van der Waals surface area contributed by atoms with Crippen molar-refractivity contribution >= 4 is 23.4 Å². The van der Waals surface area contributed by atoms with E-state index in [4.69, 9.17) is 0 Å². The molecule has 5 nitrogen and oxygen atoms in total. The number of amides is 3. The second-order valence-electron chi connectivity index (χ2n) is 6.55. The van der Waals surface area contributed by atoms with Crippen molar-refractivity contribution in [3.05, 3.63) is 41.5 Å². The molecule has 24 heavy (non-hydrogen) atoms. The fourth-order valence-electron chi connectivity index (χ4n) is 3.26. The Morgan fingerprint density at radius 1 is 1.17 bits per heavy atom. The summed E-state index contributed by atoms with van der Waals surface area (Å²) in [7, 11) is 0. The lowest BCUT2D eigenvalue weighted by Gasteiger charge is -2.13. The van der Waals surface area contributed by atoms with E-state index in [2.05, 4.69) is 16.7 Å². The Kier molecular flexibility index (Phi) is 5.08. The van der Waals surface area contributed by atoms with Gasteiger partial charge in [-0.1, -0.05) is 23.8 Å². The molecule has 0 radical (unpaired) electrons. The van der Waals surface area contributed by atoms with Crippen molar-refractivity contribution in [2.75, 3.05) is 5.32 Å². The molecule has 0 bridgehead atoms. The van der Waals surface area contributed by atoms with Gasteiger partial charge in [0.2, 0.25) is 17.7 Å². The standard InChI is InChI=1S/C19H22N2O3/c22-17(11-13-4-2-1-3-5-13)20-16-8-6-14(7-9-16)10-15-12-18(23)21-19(15)24/h4,6-9,15H,1-3,5,10-12H2,(H,20,22)(H,21,23,24). The van der Waals surface area contributed by atoms with Crippen LogP contribution in [0.2, 0.25) is 0 Å². The van der Waals surface area contributed by atoms with E-state index in [1.54, 1.807) is 0 Å². The SMILES string of the molecule is O=C1CC(Cc2ccc(NC(=O)CC3=CCCCC3)cc2)C(=O)N1. The Balaban J connectivity index is 1.52. The van der Waals surface area contributed by atoms with Crippen molar-refractivity contribution < 1.29 is 14.4 Å². The van der Waals surface area contributed by atoms with Gasteiger partial charge in [-0.15, -0.1) is 0 Å². The molecular formula is C19H22N2O3. The highest BCUT2D eigenvalue weighted by Gasteiger charge is 2.30. The molecule has 5 heteroatoms. The smallest absolute Gasteiger partial charge is 0.230 e. The van der Waals surface area contributed by atoms with E-state index in [-0.39, 0.29) is 30.1 Å². The summed E-state index contributed by atoms with van der Waals surface area (Å²) in [6.45, 7) is 0. The molecule has 1 saturated heterocycles. The Bertz CT molecular complexity index is 676. The van der Waals surface area contributed by atoms with Crippen LogP contribution in [0.1, 0.15) is 44.1 Å². The van der Waals surface area contributed by atoms with Crippen molar-refractivity contribution in [3.8, 4) is 0 Å². The quantitative estimate of drug-likeness (QED) is 0.645. The zero-order valence-corrected chi connectivity index (χ0v) is 13.6. The van der Waals surface area contributed by atoms with Crippen LogP contribution in [0.4, 0.5) is 5.69 Å². The molecule has 1 aliphatic carbocycles. The molecule has 1 unspecified atom stereocenters. The molecule has 3 amide bonds. The van der Waals surface area contributed by atoms with Crippen molar-refractivity contribution in [1.29, 1.82) is 0 Å². The maximum Gasteiger partial charge on any atom is 0.230 e. The molecule has 1 aromatic carbocycles. The predicted molar refractivity (Wildman–Crippen MR) is 91.2 cm³/mol. The van der Waals surface area contributed by atoms with E-state index < -0.39 is 0 Å². The van der Waals surface area contributed by atoms with E-state index >= 15 is 0 Å². The second-order valence-corrected chi connectivity index (χ2v) is 6.55. The van der Waals surface area contributed by atoms with E-state index in [0.29, 0.717) is 12.8 Å². The molecule has 2 N–H and O–H groups in total. The first-order valence-corrected chi connectivity index (χ1v) is 8.50. The largest absolute Gasteiger partial charge is 0.326 e. The first-order chi connectivity index (χ1) is 11.6. The lowest BCUT2D eigenvalue weighted by Crippen LogP contribution is -2.22. The number of hydrogen-bond acceptors (Lipinski definition) is 3. The summed E-state index contributed by atoms with van der Waals surface area (Å²) in [5.41, 5.74) is 2.97. The minimum absolute atomic E-state index is 0.0108. The van der Waals surface area contributed by atoms with Crippen LogP contribution in [-0.2, 0) is 20.8 Å². The topological polar surface area (TPSA) is 75.3 Å². The molecule has 0 spiro atoms. The summed E-state index contributed by atoms with van der Waals surface area (Å²) in [5, 5.41) is 5.24. The average Bonchev–Trinajstić information content (AvgIpc) is 2.87. The predicted octanol–water partition coefficient (Wildman–Crippen LogP) is 2.72. The zero-order valence-electron chi connectivity index (χ0n) is 13.6. The number of allylic oxidation sites excluding steroid dienone is 1. The highest BCUT2D eigenvalue weighted by atomic mass is 16.2. The number of carbonyl (C=O) groups is 3. The van der Waals surface area contributed by atoms with Gasteiger partial charge >= 0.3 is 0 Å². The second kappa shape index (κ2) is 7.43. The summed E-state index contributed by atoms with van der Waals surface area (Å²) in [5.74, 6) is -0.670. The third-order valence-corrected chi connectivity index (χ3v) is 4.56. The van der Waals surface area contributed by atoms with Crippen LogP contribution in [0, 0.1) is 5.92 Å². The zero-order chi connectivity index (χ0) is 16.9. The number of nitrogens with one attached hydrogen (secondary N) is 2. The Hall–Kier alpha value is -2.43. The van der Waals surface area contributed by atoms with Gasteiger partial charge in [-0.05, 0) is 49.8 Å². The van der Waals surface area contributed by atoms with Gasteiger partial charge in [-0.2, -0.15) is 0 Å². The van der Waals surface area contributed by atoms with Crippen molar-refractivity contribution in [2.24, 2.45) is 5.92 Å². The number of anilines is 1. The van der Waals surface area contributed by atoms with Crippen molar-refractivity contribution in [1.82, 2.24) is 5.32 Å². The fourth-order valence-corrected chi connectivity index (χ4v) is 3.26. The van der Waals surface area contributed by atoms with E-state index in [1.165, 1.54) is 18.4 Å². The van der Waals surface area contributed by atoms with E-state index in [9.17, 15) is 14.4 Å². The van der Waals surface area contributed by atoms with Crippen LogP contribution < -0.4 is 10.6 Å². The maximum absolute atomic E-state index is 12.1. The van der Waals surface area contributed by atoms with Gasteiger partial charge in [0.25, 0.3) is 0 Å². The van der Waals surface area contributed by atoms with Crippen molar-refractivity contribution in [3.63, 3.8) is 0 Å². The minimum atomic E-state index is -0.281. The highest BCUT2D eigenvalue weighted by molar-refractivity contribution is 6.03. The molecule has 1 atom stereocenters. The molecule has 1 heterocycles. The number of rotatable bonds is 5. The first-order valence-electron chi connectivity index (χ1n) is 8.50. The maximum atomic E-state index is 12.1. The van der Waals surface area contributed by atoms with Gasteiger partial charge in [0, 0.05) is 18.5 Å². The summed E-state index contributed by atoms with van der Waals surface area (Å²) in [4.78, 5) is 34.9. The molecular weight excluding hydrogens is 304 g/mol. The molecule has 3 rings (SSSR count). The third kappa shape index (κ3) is 4.31. The molecule has 1 aliphatic heterocycles. The van der Waals surface area contributed by atoms with E-state index in [1.807, 2.05) is 24.3 Å². The monoisotopic (exact) mass is 326 g/mol. The summed E-state index contributed by atoms with van der Waals surface area (Å²) in [6, 6.07) is 7.48. The highest BCUT2D eigenvalue weighted by Crippen LogP contribution is 2.22. The Morgan fingerprint density at radius 2 is 1.96 bits per heavy atom. The van der Waals surface area contributed by atoms with Gasteiger partial charge < -0.3 is 5.32 Å². The molecule has 126 valence electrons. The van der Waals surface area contributed by atoms with Gasteiger partial charge in [-0.25, -0.2) is 0 Å². The first kappa shape index (κ1) is 16.4. The van der Waals surface area contributed by atoms with Gasteiger partial charge in [0.05, 0.1) is 5.92 Å². The molecule has 1 aromatic rings. The number of benzene rings is 1. The lowest BCUT2D eigenvalue weighted by molar-refractivity contribution is -0.125. The molecule has 2 aliphatic rings. The Morgan fingerprint density at radius 3 is 2.58 bits per heavy atom. The fraction of sp³-hybridized carbons (Fsp3) is 0.421. The number of hydrogen-bond donors (Lipinski definition) is 2. The van der Waals surface area contributed by atoms with Crippen LogP contribution in [0.5, 0.6) is 0 Å². The van der Waals surface area contributed by atoms with Crippen LogP contribution in [0.3, 0.4) is 0 Å². The van der Waals surface area contributed by atoms with Gasteiger partial charge in [-0.3, -0.25) is 19.7 Å². The molecule has 1 fully saturated rings. The van der Waals surface area contributed by atoms with Gasteiger partial charge in [0.1, 0.15) is 0 Å². The van der Waals surface area contributed by atoms with Gasteiger partial charge in [0.15, 0.2) is 0 Å². The summed E-state index contributed by atoms with van der Waals surface area (Å²) >= 11 is 0. The summed E-state index contributed by atoms with van der Waals surface area (Å²) < 4.78 is 0. The third-order valence-electron chi connectivity index (χ3n) is 4.56. The summed E-state index contributed by atoms with van der Waals surface area (Å²) in [6.07, 6.45) is 7.93. The lowest BCUT2D eigenvalue weighted by atomic mass is 9.97. The van der Waals surface area contributed by atoms with E-state index in [0.717, 1.165) is 24.1 Å². The molecule has 0 aromatic heterocycles. The normalized spacial score (nSPS) is 20.5. The van der Waals surface area contributed by atoms with Crippen molar-refractivity contribution in [2.45, 2.75) is 44.9 Å².